The van der Waals surface area contributed by atoms with Crippen LogP contribution < -0.4 is 0 Å². The maximum absolute atomic E-state index is 5.76. The molecule has 0 aromatic carbocycles. The molecule has 0 radical (unpaired) electrons. The molecule has 0 aliphatic carbocycles. The van der Waals surface area contributed by atoms with Gasteiger partial charge >= 0.3 is 0 Å². The van der Waals surface area contributed by atoms with Crippen molar-refractivity contribution in [3.63, 3.8) is 0 Å². The van der Waals surface area contributed by atoms with E-state index >= 15 is 0 Å². The lowest BCUT2D eigenvalue weighted by Gasteiger charge is -2.35. The van der Waals surface area contributed by atoms with Gasteiger partial charge in [0.15, 0.2) is 0 Å². The molecule has 1 aliphatic rings. The SMILES string of the molecule is CN(C)C1CCN(CCc2nc(CCl)cs2)CC1. The van der Waals surface area contributed by atoms with Crippen LogP contribution in [-0.4, -0.2) is 54.6 Å². The van der Waals surface area contributed by atoms with Crippen LogP contribution in [-0.2, 0) is 12.3 Å². The predicted molar refractivity (Wildman–Crippen MR) is 78.5 cm³/mol. The van der Waals surface area contributed by atoms with E-state index < -0.39 is 0 Å². The molecule has 0 atom stereocenters. The zero-order chi connectivity index (χ0) is 13.0. The van der Waals surface area contributed by atoms with Gasteiger partial charge in [-0.25, -0.2) is 4.98 Å². The molecule has 1 aromatic heterocycles. The van der Waals surface area contributed by atoms with Crippen LogP contribution in [0.15, 0.2) is 5.38 Å². The summed E-state index contributed by atoms with van der Waals surface area (Å²) in [5, 5.41) is 3.29. The van der Waals surface area contributed by atoms with Crippen LogP contribution in [0.1, 0.15) is 23.5 Å². The highest BCUT2D eigenvalue weighted by Gasteiger charge is 2.20. The molecule has 0 unspecified atom stereocenters. The maximum Gasteiger partial charge on any atom is 0.0941 e. The van der Waals surface area contributed by atoms with Crippen molar-refractivity contribution in [3.8, 4) is 0 Å². The lowest BCUT2D eigenvalue weighted by Crippen LogP contribution is -2.42. The summed E-state index contributed by atoms with van der Waals surface area (Å²) in [6, 6.07) is 0.768. The molecule has 3 nitrogen and oxygen atoms in total. The summed E-state index contributed by atoms with van der Waals surface area (Å²) >= 11 is 7.50. The minimum absolute atomic E-state index is 0.532. The highest BCUT2D eigenvalue weighted by Crippen LogP contribution is 2.16. The van der Waals surface area contributed by atoms with Gasteiger partial charge in [-0.2, -0.15) is 0 Å². The molecule has 0 N–H and O–H groups in total. The Bertz CT molecular complexity index is 359. The second-order valence-corrected chi connectivity index (χ2v) is 6.36. The number of hydrogen-bond donors (Lipinski definition) is 0. The van der Waals surface area contributed by atoms with Gasteiger partial charge in [0.1, 0.15) is 0 Å². The summed E-state index contributed by atoms with van der Waals surface area (Å²) in [7, 11) is 4.37. The molecular weight excluding hydrogens is 266 g/mol. The number of nitrogens with zero attached hydrogens (tertiary/aromatic N) is 3. The molecule has 2 rings (SSSR count). The molecule has 18 heavy (non-hydrogen) atoms. The van der Waals surface area contributed by atoms with Gasteiger partial charge in [0.05, 0.1) is 16.6 Å². The van der Waals surface area contributed by atoms with Crippen molar-refractivity contribution in [3.05, 3.63) is 16.1 Å². The number of likely N-dealkylation sites (tertiary alicyclic amines) is 1. The van der Waals surface area contributed by atoms with Crippen molar-refractivity contribution in [2.75, 3.05) is 33.7 Å². The summed E-state index contributed by atoms with van der Waals surface area (Å²) in [5.41, 5.74) is 1.02. The standard InChI is InChI=1S/C13H22ClN3S/c1-16(2)12-3-6-17(7-4-12)8-5-13-15-11(9-14)10-18-13/h10,12H,3-9H2,1-2H3. The smallest absolute Gasteiger partial charge is 0.0941 e. The molecule has 5 heteroatoms. The van der Waals surface area contributed by atoms with Gasteiger partial charge in [-0.1, -0.05) is 0 Å². The van der Waals surface area contributed by atoms with Crippen LogP contribution in [0.5, 0.6) is 0 Å². The van der Waals surface area contributed by atoms with Crippen molar-refractivity contribution in [1.29, 1.82) is 0 Å². The summed E-state index contributed by atoms with van der Waals surface area (Å²) < 4.78 is 0. The largest absolute Gasteiger partial charge is 0.306 e. The van der Waals surface area contributed by atoms with E-state index in [1.165, 1.54) is 30.9 Å². The predicted octanol–water partition coefficient (Wildman–Crippen LogP) is 2.45. The Kier molecular flexibility index (Phi) is 5.42. The molecule has 2 heterocycles. The van der Waals surface area contributed by atoms with Crippen LogP contribution in [0.4, 0.5) is 0 Å². The summed E-state index contributed by atoms with van der Waals surface area (Å²) in [6.07, 6.45) is 3.64. The van der Waals surface area contributed by atoms with Crippen LogP contribution in [0, 0.1) is 0 Å². The van der Waals surface area contributed by atoms with Crippen LogP contribution in [0.25, 0.3) is 0 Å². The highest BCUT2D eigenvalue weighted by atomic mass is 35.5. The number of alkyl halides is 1. The third kappa shape index (κ3) is 3.92. The highest BCUT2D eigenvalue weighted by molar-refractivity contribution is 7.09. The van der Waals surface area contributed by atoms with Crippen LogP contribution in [0.3, 0.4) is 0 Å². The van der Waals surface area contributed by atoms with Crippen LogP contribution in [0.2, 0.25) is 0 Å². The van der Waals surface area contributed by atoms with E-state index in [0.717, 1.165) is 24.7 Å². The first-order valence-electron chi connectivity index (χ1n) is 6.57. The molecule has 0 saturated carbocycles. The molecule has 0 amide bonds. The topological polar surface area (TPSA) is 19.4 Å². The Morgan fingerprint density at radius 3 is 2.72 bits per heavy atom. The minimum atomic E-state index is 0.532. The van der Waals surface area contributed by atoms with E-state index in [1.807, 2.05) is 0 Å². The second-order valence-electron chi connectivity index (χ2n) is 5.15. The van der Waals surface area contributed by atoms with Crippen molar-refractivity contribution in [2.45, 2.75) is 31.2 Å². The van der Waals surface area contributed by atoms with Gasteiger partial charge in [0, 0.05) is 24.4 Å². The molecule has 1 aliphatic heterocycles. The number of aromatic nitrogens is 1. The molecular formula is C13H22ClN3S. The molecule has 0 spiro atoms. The monoisotopic (exact) mass is 287 g/mol. The van der Waals surface area contributed by atoms with Gasteiger partial charge in [0.2, 0.25) is 0 Å². The number of piperidine rings is 1. The molecule has 1 saturated heterocycles. The number of hydrogen-bond acceptors (Lipinski definition) is 4. The first kappa shape index (κ1) is 14.3. The summed E-state index contributed by atoms with van der Waals surface area (Å²) in [4.78, 5) is 9.42. The fraction of sp³-hybridized carbons (Fsp3) is 0.769. The number of rotatable bonds is 5. The van der Waals surface area contributed by atoms with Crippen molar-refractivity contribution in [1.82, 2.24) is 14.8 Å². The van der Waals surface area contributed by atoms with E-state index in [1.54, 1.807) is 11.3 Å². The fourth-order valence-corrected chi connectivity index (χ4v) is 3.45. The van der Waals surface area contributed by atoms with Crippen molar-refractivity contribution < 1.29 is 0 Å². The normalized spacial score (nSPS) is 18.7. The third-order valence-corrected chi connectivity index (χ3v) is 4.90. The van der Waals surface area contributed by atoms with E-state index in [-0.39, 0.29) is 0 Å². The van der Waals surface area contributed by atoms with E-state index in [9.17, 15) is 0 Å². The van der Waals surface area contributed by atoms with E-state index in [2.05, 4.69) is 34.3 Å². The van der Waals surface area contributed by atoms with Crippen molar-refractivity contribution in [2.24, 2.45) is 0 Å². The number of halogens is 1. The first-order valence-corrected chi connectivity index (χ1v) is 7.98. The maximum atomic E-state index is 5.76. The Morgan fingerprint density at radius 1 is 1.44 bits per heavy atom. The second kappa shape index (κ2) is 6.85. The van der Waals surface area contributed by atoms with E-state index in [0.29, 0.717) is 5.88 Å². The number of thiazole rings is 1. The Hall–Kier alpha value is -0.160. The zero-order valence-electron chi connectivity index (χ0n) is 11.2. The van der Waals surface area contributed by atoms with Crippen LogP contribution >= 0.6 is 22.9 Å². The Balaban J connectivity index is 1.72. The third-order valence-electron chi connectivity index (χ3n) is 3.67. The van der Waals surface area contributed by atoms with Gasteiger partial charge < -0.3 is 9.80 Å². The van der Waals surface area contributed by atoms with E-state index in [4.69, 9.17) is 11.6 Å². The molecule has 1 aromatic rings. The summed E-state index contributed by atoms with van der Waals surface area (Å²) in [5.74, 6) is 0.532. The lowest BCUT2D eigenvalue weighted by atomic mass is 10.0. The van der Waals surface area contributed by atoms with Gasteiger partial charge in [-0.3, -0.25) is 0 Å². The average Bonchev–Trinajstić information content (AvgIpc) is 2.85. The Morgan fingerprint density at radius 2 is 2.17 bits per heavy atom. The van der Waals surface area contributed by atoms with Crippen molar-refractivity contribution >= 4 is 22.9 Å². The quantitative estimate of drug-likeness (QED) is 0.776. The average molecular weight is 288 g/mol. The lowest BCUT2D eigenvalue weighted by molar-refractivity contribution is 0.146. The van der Waals surface area contributed by atoms with Gasteiger partial charge in [0.25, 0.3) is 0 Å². The molecule has 1 fully saturated rings. The first-order chi connectivity index (χ1) is 8.69. The molecule has 102 valence electrons. The van der Waals surface area contributed by atoms with Gasteiger partial charge in [-0.15, -0.1) is 22.9 Å². The Labute approximate surface area is 119 Å². The zero-order valence-corrected chi connectivity index (χ0v) is 12.8. The van der Waals surface area contributed by atoms with Gasteiger partial charge in [-0.05, 0) is 40.0 Å². The summed E-state index contributed by atoms with van der Waals surface area (Å²) in [6.45, 7) is 3.57. The minimum Gasteiger partial charge on any atom is -0.306 e. The molecule has 0 bridgehead atoms. The fourth-order valence-electron chi connectivity index (χ4n) is 2.44.